The molecule has 1 aromatic heterocycles. The third-order valence-electron chi connectivity index (χ3n) is 2.66. The highest BCUT2D eigenvalue weighted by Crippen LogP contribution is 2.11. The van der Waals surface area contributed by atoms with Crippen molar-refractivity contribution >= 4 is 12.6 Å². The molecule has 0 unspecified atom stereocenters. The second-order valence-corrected chi connectivity index (χ2v) is 4.18. The van der Waals surface area contributed by atoms with Crippen LogP contribution in [0.3, 0.4) is 0 Å². The van der Waals surface area contributed by atoms with Gasteiger partial charge in [-0.2, -0.15) is 5.10 Å². The van der Waals surface area contributed by atoms with Crippen LogP contribution in [0.4, 0.5) is 4.39 Å². The van der Waals surface area contributed by atoms with E-state index in [2.05, 4.69) is 5.10 Å². The molecule has 0 fully saturated rings. The summed E-state index contributed by atoms with van der Waals surface area (Å²) in [4.78, 5) is 0. The van der Waals surface area contributed by atoms with Crippen molar-refractivity contribution < 1.29 is 19.2 Å². The first kappa shape index (κ1) is 13.6. The van der Waals surface area contributed by atoms with Crippen molar-refractivity contribution in [2.45, 2.75) is 6.42 Å². The summed E-state index contributed by atoms with van der Waals surface area (Å²) in [5, 5.41) is 22.3. The van der Waals surface area contributed by atoms with Gasteiger partial charge in [-0.25, -0.2) is 4.39 Å². The molecule has 0 aliphatic heterocycles. The normalized spacial score (nSPS) is 10.5. The predicted molar refractivity (Wildman–Crippen MR) is 68.6 cm³/mol. The van der Waals surface area contributed by atoms with E-state index in [1.54, 1.807) is 10.9 Å². The lowest BCUT2D eigenvalue weighted by molar-refractivity contribution is 0.320. The fourth-order valence-corrected chi connectivity index (χ4v) is 1.73. The lowest BCUT2D eigenvalue weighted by atomic mass is 9.79. The quantitative estimate of drug-likeness (QED) is 0.738. The van der Waals surface area contributed by atoms with Gasteiger partial charge in [-0.1, -0.05) is 6.07 Å². The fourth-order valence-electron chi connectivity index (χ4n) is 1.73. The maximum Gasteiger partial charge on any atom is 0.492 e. The number of hydrogen-bond donors (Lipinski definition) is 2. The number of halogens is 1. The van der Waals surface area contributed by atoms with Crippen molar-refractivity contribution in [2.24, 2.45) is 7.05 Å². The second kappa shape index (κ2) is 5.86. The molecule has 0 saturated heterocycles. The summed E-state index contributed by atoms with van der Waals surface area (Å²) >= 11 is 0. The smallest absolute Gasteiger partial charge is 0.492 e. The fraction of sp³-hybridized carbons (Fsp3) is 0.250. The average Bonchev–Trinajstić information content (AvgIpc) is 2.75. The van der Waals surface area contributed by atoms with Crippen molar-refractivity contribution in [3.05, 3.63) is 42.0 Å². The molecule has 0 aliphatic carbocycles. The molecule has 0 saturated carbocycles. The predicted octanol–water partition coefficient (Wildman–Crippen LogP) is -0.140. The van der Waals surface area contributed by atoms with Crippen LogP contribution in [-0.2, 0) is 13.5 Å². The Bertz CT molecular complexity index is 560. The molecule has 2 N–H and O–H groups in total. The third-order valence-corrected chi connectivity index (χ3v) is 2.66. The van der Waals surface area contributed by atoms with Crippen LogP contribution < -0.4 is 10.2 Å². The molecule has 0 spiro atoms. The van der Waals surface area contributed by atoms with Crippen LogP contribution >= 0.6 is 0 Å². The van der Waals surface area contributed by atoms with Crippen LogP contribution in [-0.4, -0.2) is 33.6 Å². The molecule has 0 atom stereocenters. The maximum absolute atomic E-state index is 13.1. The second-order valence-electron chi connectivity index (χ2n) is 4.18. The van der Waals surface area contributed by atoms with Crippen LogP contribution in [0.25, 0.3) is 0 Å². The maximum atomic E-state index is 13.1. The first-order valence-electron chi connectivity index (χ1n) is 5.82. The Morgan fingerprint density at radius 2 is 2.21 bits per heavy atom. The van der Waals surface area contributed by atoms with Crippen LogP contribution in [0.2, 0.25) is 0 Å². The number of ether oxygens (including phenoxy) is 1. The lowest BCUT2D eigenvalue weighted by Gasteiger charge is -2.10. The number of benzene rings is 1. The highest BCUT2D eigenvalue weighted by atomic mass is 19.1. The van der Waals surface area contributed by atoms with Gasteiger partial charge < -0.3 is 14.8 Å². The standard InChI is InChI=1S/C12H14BFN2O3/c1-16-8-9(7-15-16)4-5-19-12-6-10(14)2-3-11(12)13(17)18/h2-3,6-8,17-18H,4-5H2,1H3. The van der Waals surface area contributed by atoms with E-state index >= 15 is 0 Å². The Balaban J connectivity index is 2.00. The Morgan fingerprint density at radius 3 is 2.84 bits per heavy atom. The van der Waals surface area contributed by atoms with Gasteiger partial charge in [0, 0.05) is 31.2 Å². The van der Waals surface area contributed by atoms with Gasteiger partial charge >= 0.3 is 7.12 Å². The molecule has 19 heavy (non-hydrogen) atoms. The Labute approximate surface area is 110 Å². The molecular weight excluding hydrogens is 250 g/mol. The summed E-state index contributed by atoms with van der Waals surface area (Å²) in [5.41, 5.74) is 1.14. The molecule has 100 valence electrons. The zero-order valence-electron chi connectivity index (χ0n) is 10.5. The van der Waals surface area contributed by atoms with E-state index in [-0.39, 0.29) is 11.2 Å². The van der Waals surface area contributed by atoms with Crippen LogP contribution in [0.5, 0.6) is 5.75 Å². The Hall–Kier alpha value is -1.86. The molecule has 2 aromatic rings. The van der Waals surface area contributed by atoms with E-state index in [4.69, 9.17) is 14.8 Å². The Kier molecular flexibility index (Phi) is 4.18. The van der Waals surface area contributed by atoms with Gasteiger partial charge in [0.25, 0.3) is 0 Å². The molecule has 0 aliphatic rings. The third kappa shape index (κ3) is 3.55. The van der Waals surface area contributed by atoms with Gasteiger partial charge in [-0.05, 0) is 11.6 Å². The van der Waals surface area contributed by atoms with Gasteiger partial charge in [0.15, 0.2) is 0 Å². The van der Waals surface area contributed by atoms with Crippen molar-refractivity contribution in [1.82, 2.24) is 9.78 Å². The minimum absolute atomic E-state index is 0.138. The van der Waals surface area contributed by atoms with E-state index in [0.717, 1.165) is 17.7 Å². The summed E-state index contributed by atoms with van der Waals surface area (Å²) < 4.78 is 20.2. The summed E-state index contributed by atoms with van der Waals surface area (Å²) in [5.74, 6) is -0.348. The summed E-state index contributed by atoms with van der Waals surface area (Å²) in [7, 11) is 0.131. The van der Waals surface area contributed by atoms with Crippen molar-refractivity contribution in [2.75, 3.05) is 6.61 Å². The number of nitrogens with zero attached hydrogens (tertiary/aromatic N) is 2. The molecule has 0 amide bonds. The number of aryl methyl sites for hydroxylation is 1. The van der Waals surface area contributed by atoms with Crippen molar-refractivity contribution in [3.63, 3.8) is 0 Å². The van der Waals surface area contributed by atoms with E-state index < -0.39 is 12.9 Å². The molecule has 1 aromatic carbocycles. The van der Waals surface area contributed by atoms with Crippen molar-refractivity contribution in [3.8, 4) is 5.75 Å². The first-order chi connectivity index (χ1) is 9.06. The van der Waals surface area contributed by atoms with E-state index in [1.807, 2.05) is 13.2 Å². The van der Waals surface area contributed by atoms with Crippen LogP contribution in [0.1, 0.15) is 5.56 Å². The van der Waals surface area contributed by atoms with E-state index in [9.17, 15) is 4.39 Å². The summed E-state index contributed by atoms with van der Waals surface area (Å²) in [6, 6.07) is 3.58. The van der Waals surface area contributed by atoms with E-state index in [0.29, 0.717) is 13.0 Å². The van der Waals surface area contributed by atoms with Crippen molar-refractivity contribution in [1.29, 1.82) is 0 Å². The molecule has 7 heteroatoms. The zero-order chi connectivity index (χ0) is 13.8. The van der Waals surface area contributed by atoms with Crippen LogP contribution in [0.15, 0.2) is 30.6 Å². The summed E-state index contributed by atoms with van der Waals surface area (Å²) in [6.07, 6.45) is 4.18. The largest absolute Gasteiger partial charge is 0.493 e. The molecule has 2 rings (SSSR count). The number of hydrogen-bond acceptors (Lipinski definition) is 4. The topological polar surface area (TPSA) is 67.5 Å². The van der Waals surface area contributed by atoms with E-state index in [1.165, 1.54) is 6.07 Å². The average molecular weight is 264 g/mol. The summed E-state index contributed by atoms with van der Waals surface area (Å²) in [6.45, 7) is 0.300. The lowest BCUT2D eigenvalue weighted by Crippen LogP contribution is -2.31. The Morgan fingerprint density at radius 1 is 1.42 bits per heavy atom. The van der Waals surface area contributed by atoms with Gasteiger partial charge in [0.2, 0.25) is 0 Å². The molecular formula is C12H14BFN2O3. The van der Waals surface area contributed by atoms with Gasteiger partial charge in [0.05, 0.1) is 12.8 Å². The zero-order valence-corrected chi connectivity index (χ0v) is 10.5. The number of aromatic nitrogens is 2. The molecule has 5 nitrogen and oxygen atoms in total. The van der Waals surface area contributed by atoms with Crippen LogP contribution in [0, 0.1) is 5.82 Å². The molecule has 0 bridgehead atoms. The molecule has 1 heterocycles. The minimum Gasteiger partial charge on any atom is -0.493 e. The SMILES string of the molecule is Cn1cc(CCOc2cc(F)ccc2B(O)O)cn1. The monoisotopic (exact) mass is 264 g/mol. The van der Waals surface area contributed by atoms with Gasteiger partial charge in [-0.3, -0.25) is 4.68 Å². The minimum atomic E-state index is -1.69. The van der Waals surface area contributed by atoms with Gasteiger partial charge in [0.1, 0.15) is 11.6 Å². The first-order valence-corrected chi connectivity index (χ1v) is 5.82. The highest BCUT2D eigenvalue weighted by Gasteiger charge is 2.17. The highest BCUT2D eigenvalue weighted by molar-refractivity contribution is 6.59. The van der Waals surface area contributed by atoms with Gasteiger partial charge in [-0.15, -0.1) is 0 Å². The molecule has 0 radical (unpaired) electrons. The number of rotatable bonds is 5.